The van der Waals surface area contributed by atoms with E-state index >= 15 is 0 Å². The lowest BCUT2D eigenvalue weighted by Gasteiger charge is -2.14. The van der Waals surface area contributed by atoms with Gasteiger partial charge >= 0.3 is 0 Å². The maximum absolute atomic E-state index is 6.14. The van der Waals surface area contributed by atoms with Gasteiger partial charge in [0.25, 0.3) is 0 Å². The van der Waals surface area contributed by atoms with E-state index in [1.807, 2.05) is 11.3 Å². The third-order valence-corrected chi connectivity index (χ3v) is 3.75. The van der Waals surface area contributed by atoms with E-state index in [1.165, 1.54) is 4.88 Å². The third-order valence-electron chi connectivity index (χ3n) is 2.11. The monoisotopic (exact) mass is 202 g/mol. The molecule has 0 fully saturated rings. The lowest BCUT2D eigenvalue weighted by molar-refractivity contribution is 0.535. The van der Waals surface area contributed by atoms with Crippen LogP contribution in [0.2, 0.25) is 0 Å². The van der Waals surface area contributed by atoms with Crippen molar-refractivity contribution >= 4 is 22.9 Å². The summed E-state index contributed by atoms with van der Waals surface area (Å²) >= 11 is 7.96. The first-order valence-electron chi connectivity index (χ1n) is 4.40. The van der Waals surface area contributed by atoms with Crippen LogP contribution < -0.4 is 0 Å². The van der Waals surface area contributed by atoms with Crippen molar-refractivity contribution in [2.75, 3.05) is 0 Å². The molecule has 1 aromatic rings. The molecule has 2 heteroatoms. The number of alkyl halides is 1. The van der Waals surface area contributed by atoms with Gasteiger partial charge in [0, 0.05) is 10.3 Å². The van der Waals surface area contributed by atoms with Gasteiger partial charge in [-0.1, -0.05) is 19.9 Å². The van der Waals surface area contributed by atoms with Crippen molar-refractivity contribution < 1.29 is 0 Å². The van der Waals surface area contributed by atoms with Gasteiger partial charge in [-0.2, -0.15) is 0 Å². The Balaban J connectivity index is 2.41. The molecule has 0 aromatic carbocycles. The summed E-state index contributed by atoms with van der Waals surface area (Å²) in [5.74, 6) is 0.593. The zero-order valence-corrected chi connectivity index (χ0v) is 9.16. The van der Waals surface area contributed by atoms with E-state index in [9.17, 15) is 0 Å². The lowest BCUT2D eigenvalue weighted by atomic mass is 10.0. The Kier molecular flexibility index (Phi) is 4.10. The Hall–Kier alpha value is -0.0100. The predicted molar refractivity (Wildman–Crippen MR) is 57.1 cm³/mol. The highest BCUT2D eigenvalue weighted by Crippen LogP contribution is 2.21. The highest BCUT2D eigenvalue weighted by Gasteiger charge is 2.12. The normalized spacial score (nSPS) is 15.9. The molecule has 0 saturated carbocycles. The minimum absolute atomic E-state index is 0.326. The first-order valence-corrected chi connectivity index (χ1v) is 5.72. The molecule has 2 unspecified atom stereocenters. The van der Waals surface area contributed by atoms with Crippen molar-refractivity contribution in [1.29, 1.82) is 0 Å². The van der Waals surface area contributed by atoms with Crippen molar-refractivity contribution in [3.8, 4) is 0 Å². The van der Waals surface area contributed by atoms with Crippen LogP contribution in [0, 0.1) is 5.92 Å². The first kappa shape index (κ1) is 10.1. The zero-order chi connectivity index (χ0) is 8.97. The minimum atomic E-state index is 0.326. The highest BCUT2D eigenvalue weighted by atomic mass is 35.5. The Labute approximate surface area is 83.6 Å². The van der Waals surface area contributed by atoms with Crippen LogP contribution in [0.3, 0.4) is 0 Å². The summed E-state index contributed by atoms with van der Waals surface area (Å²) in [5.41, 5.74) is 0. The Morgan fingerprint density at radius 3 is 2.83 bits per heavy atom. The lowest BCUT2D eigenvalue weighted by Crippen LogP contribution is -2.12. The molecule has 1 aromatic heterocycles. The summed E-state index contributed by atoms with van der Waals surface area (Å²) in [6.45, 7) is 4.36. The van der Waals surface area contributed by atoms with Gasteiger partial charge < -0.3 is 0 Å². The summed E-state index contributed by atoms with van der Waals surface area (Å²) in [4.78, 5) is 1.45. The van der Waals surface area contributed by atoms with Gasteiger partial charge in [-0.05, 0) is 30.2 Å². The fraction of sp³-hybridized carbons (Fsp3) is 0.600. The molecule has 0 amide bonds. The summed E-state index contributed by atoms with van der Waals surface area (Å²) < 4.78 is 0. The number of hydrogen-bond acceptors (Lipinski definition) is 1. The van der Waals surface area contributed by atoms with Crippen LogP contribution in [0.5, 0.6) is 0 Å². The van der Waals surface area contributed by atoms with E-state index in [2.05, 4.69) is 31.4 Å². The van der Waals surface area contributed by atoms with Crippen LogP contribution in [-0.2, 0) is 6.42 Å². The van der Waals surface area contributed by atoms with Crippen molar-refractivity contribution in [1.82, 2.24) is 0 Å². The van der Waals surface area contributed by atoms with Crippen molar-refractivity contribution in [3.05, 3.63) is 22.4 Å². The average molecular weight is 203 g/mol. The van der Waals surface area contributed by atoms with Crippen molar-refractivity contribution in [2.24, 2.45) is 5.92 Å². The van der Waals surface area contributed by atoms with Crippen molar-refractivity contribution in [3.63, 3.8) is 0 Å². The molecule has 0 aliphatic carbocycles. The molecule has 1 heterocycles. The summed E-state index contributed by atoms with van der Waals surface area (Å²) in [6.07, 6.45) is 2.19. The van der Waals surface area contributed by atoms with Crippen LogP contribution in [0.15, 0.2) is 17.5 Å². The van der Waals surface area contributed by atoms with E-state index < -0.39 is 0 Å². The van der Waals surface area contributed by atoms with E-state index in [0.717, 1.165) is 12.8 Å². The molecule has 12 heavy (non-hydrogen) atoms. The molecule has 68 valence electrons. The molecule has 0 nitrogen and oxygen atoms in total. The SMILES string of the molecule is CCC(Cl)C(C)Cc1cccs1. The predicted octanol–water partition coefficient (Wildman–Crippen LogP) is 3.94. The number of hydrogen-bond donors (Lipinski definition) is 0. The maximum atomic E-state index is 6.14. The highest BCUT2D eigenvalue weighted by molar-refractivity contribution is 7.09. The molecule has 0 spiro atoms. The van der Waals surface area contributed by atoms with Crippen LogP contribution in [-0.4, -0.2) is 5.38 Å². The first-order chi connectivity index (χ1) is 5.74. The number of rotatable bonds is 4. The van der Waals surface area contributed by atoms with Gasteiger partial charge in [0.05, 0.1) is 0 Å². The molecular weight excluding hydrogens is 188 g/mol. The van der Waals surface area contributed by atoms with Crippen LogP contribution >= 0.6 is 22.9 Å². The summed E-state index contributed by atoms with van der Waals surface area (Å²) in [6, 6.07) is 4.28. The van der Waals surface area contributed by atoms with Gasteiger partial charge in [-0.3, -0.25) is 0 Å². The van der Waals surface area contributed by atoms with E-state index in [0.29, 0.717) is 11.3 Å². The number of halogens is 1. The van der Waals surface area contributed by atoms with Gasteiger partial charge in [0.15, 0.2) is 0 Å². The summed E-state index contributed by atoms with van der Waals surface area (Å²) in [7, 11) is 0. The number of thiophene rings is 1. The average Bonchev–Trinajstić information content (AvgIpc) is 2.55. The summed E-state index contributed by atoms with van der Waals surface area (Å²) in [5, 5.41) is 2.45. The largest absolute Gasteiger partial charge is 0.149 e. The second-order valence-corrected chi connectivity index (χ2v) is 4.78. The van der Waals surface area contributed by atoms with E-state index in [1.54, 1.807) is 0 Å². The molecule has 0 radical (unpaired) electrons. The minimum Gasteiger partial charge on any atom is -0.149 e. The standard InChI is InChI=1S/C10H15ClS/c1-3-10(11)8(2)7-9-5-4-6-12-9/h4-6,8,10H,3,7H2,1-2H3. The van der Waals surface area contributed by atoms with E-state index in [-0.39, 0.29) is 0 Å². The topological polar surface area (TPSA) is 0 Å². The Morgan fingerprint density at radius 1 is 1.58 bits per heavy atom. The Bertz CT molecular complexity index is 206. The Morgan fingerprint density at radius 2 is 2.33 bits per heavy atom. The molecular formula is C10H15ClS. The molecule has 0 saturated heterocycles. The quantitative estimate of drug-likeness (QED) is 0.649. The van der Waals surface area contributed by atoms with Gasteiger partial charge in [-0.15, -0.1) is 22.9 Å². The second kappa shape index (κ2) is 4.88. The second-order valence-electron chi connectivity index (χ2n) is 3.19. The van der Waals surface area contributed by atoms with Crippen LogP contribution in [0.1, 0.15) is 25.1 Å². The van der Waals surface area contributed by atoms with Gasteiger partial charge in [0.1, 0.15) is 0 Å². The van der Waals surface area contributed by atoms with Crippen LogP contribution in [0.25, 0.3) is 0 Å². The molecule has 0 N–H and O–H groups in total. The molecule has 0 aliphatic rings. The molecule has 2 atom stereocenters. The van der Waals surface area contributed by atoms with Gasteiger partial charge in [0.2, 0.25) is 0 Å². The molecule has 0 bridgehead atoms. The van der Waals surface area contributed by atoms with Crippen molar-refractivity contribution in [2.45, 2.75) is 32.1 Å². The zero-order valence-electron chi connectivity index (χ0n) is 7.59. The molecule has 0 aliphatic heterocycles. The van der Waals surface area contributed by atoms with Crippen LogP contribution in [0.4, 0.5) is 0 Å². The fourth-order valence-electron chi connectivity index (χ4n) is 1.28. The molecule has 1 rings (SSSR count). The maximum Gasteiger partial charge on any atom is 0.0362 e. The fourth-order valence-corrected chi connectivity index (χ4v) is 2.21. The van der Waals surface area contributed by atoms with E-state index in [4.69, 9.17) is 11.6 Å². The third kappa shape index (κ3) is 2.80. The van der Waals surface area contributed by atoms with Gasteiger partial charge in [-0.25, -0.2) is 0 Å². The smallest absolute Gasteiger partial charge is 0.0362 e.